The van der Waals surface area contributed by atoms with Gasteiger partial charge >= 0.3 is 11.8 Å². The molecule has 2 heterocycles. The van der Waals surface area contributed by atoms with E-state index in [4.69, 9.17) is 0 Å². The highest BCUT2D eigenvalue weighted by atomic mass is 19.1. The van der Waals surface area contributed by atoms with E-state index in [1.807, 2.05) is 0 Å². The number of halogens is 1. The summed E-state index contributed by atoms with van der Waals surface area (Å²) >= 11 is 0. The van der Waals surface area contributed by atoms with Crippen LogP contribution in [0.15, 0.2) is 30.3 Å². The summed E-state index contributed by atoms with van der Waals surface area (Å²) in [5.41, 5.74) is 3.96. The molecule has 2 N–H and O–H groups in total. The van der Waals surface area contributed by atoms with Gasteiger partial charge in [-0.1, -0.05) is 6.07 Å². The second-order valence-electron chi connectivity index (χ2n) is 6.84. The number of nitrogens with zero attached hydrogens (tertiary/aromatic N) is 1. The van der Waals surface area contributed by atoms with Gasteiger partial charge in [0.15, 0.2) is 0 Å². The molecule has 0 unspecified atom stereocenters. The lowest BCUT2D eigenvalue weighted by Crippen LogP contribution is -2.31. The van der Waals surface area contributed by atoms with Crippen LogP contribution in [0.5, 0.6) is 0 Å². The lowest BCUT2D eigenvalue weighted by Gasteiger charge is -2.26. The monoisotopic (exact) mass is 367 g/mol. The van der Waals surface area contributed by atoms with Gasteiger partial charge in [0.05, 0.1) is 12.1 Å². The summed E-state index contributed by atoms with van der Waals surface area (Å²) in [5.74, 6) is -2.13. The summed E-state index contributed by atoms with van der Waals surface area (Å²) in [6.07, 6.45) is 2.00. The van der Waals surface area contributed by atoms with E-state index in [2.05, 4.69) is 10.6 Å². The van der Waals surface area contributed by atoms with Crippen molar-refractivity contribution < 1.29 is 18.8 Å². The fraction of sp³-hybridized carbons (Fsp3) is 0.250. The van der Waals surface area contributed by atoms with Crippen molar-refractivity contribution in [1.29, 1.82) is 0 Å². The van der Waals surface area contributed by atoms with Crippen LogP contribution in [0.2, 0.25) is 0 Å². The minimum atomic E-state index is -0.884. The molecule has 3 amide bonds. The topological polar surface area (TPSA) is 78.5 Å². The molecule has 0 saturated carbocycles. The van der Waals surface area contributed by atoms with Gasteiger partial charge in [0.25, 0.3) is 0 Å². The van der Waals surface area contributed by atoms with Crippen molar-refractivity contribution in [1.82, 2.24) is 0 Å². The zero-order valence-corrected chi connectivity index (χ0v) is 14.8. The Morgan fingerprint density at radius 2 is 1.74 bits per heavy atom. The van der Waals surface area contributed by atoms with Crippen LogP contribution >= 0.6 is 0 Å². The molecular weight excluding hydrogens is 349 g/mol. The van der Waals surface area contributed by atoms with Crippen molar-refractivity contribution in [3.63, 3.8) is 0 Å². The second kappa shape index (κ2) is 6.50. The zero-order chi connectivity index (χ0) is 19.1. The summed E-state index contributed by atoms with van der Waals surface area (Å²) in [7, 11) is 0. The van der Waals surface area contributed by atoms with Gasteiger partial charge in [-0.25, -0.2) is 4.39 Å². The summed E-state index contributed by atoms with van der Waals surface area (Å²) in [6.45, 7) is 2.33. The SMILES string of the molecule is Cc1ccc(NC(=O)C(=O)Nc2cc3c4c(c2)CC(=O)N4CCC3)cc1F. The van der Waals surface area contributed by atoms with Gasteiger partial charge in [0.1, 0.15) is 5.82 Å². The van der Waals surface area contributed by atoms with Crippen molar-refractivity contribution in [2.24, 2.45) is 0 Å². The van der Waals surface area contributed by atoms with Crippen LogP contribution in [0.25, 0.3) is 0 Å². The molecule has 6 nitrogen and oxygen atoms in total. The van der Waals surface area contributed by atoms with Crippen LogP contribution in [0.3, 0.4) is 0 Å². The van der Waals surface area contributed by atoms with E-state index in [-0.39, 0.29) is 11.6 Å². The maximum absolute atomic E-state index is 13.6. The lowest BCUT2D eigenvalue weighted by molar-refractivity contribution is -0.133. The maximum atomic E-state index is 13.6. The standard InChI is InChI=1S/C20H18FN3O3/c1-11-4-5-14(10-16(11)21)22-19(26)20(27)23-15-7-12-3-2-6-24-17(25)9-13(8-15)18(12)24/h4-5,7-8,10H,2-3,6,9H2,1H3,(H,22,26)(H,23,27). The van der Waals surface area contributed by atoms with Crippen molar-refractivity contribution in [2.45, 2.75) is 26.2 Å². The Balaban J connectivity index is 1.50. The molecule has 2 aliphatic heterocycles. The number of anilines is 3. The molecule has 138 valence electrons. The summed E-state index contributed by atoms with van der Waals surface area (Å²) in [6, 6.07) is 7.76. The average molecular weight is 367 g/mol. The highest BCUT2D eigenvalue weighted by Crippen LogP contribution is 2.38. The second-order valence-corrected chi connectivity index (χ2v) is 6.84. The summed E-state index contributed by atoms with van der Waals surface area (Å²) in [5, 5.41) is 4.95. The Kier molecular flexibility index (Phi) is 4.14. The number of nitrogens with one attached hydrogen (secondary N) is 2. The zero-order valence-electron chi connectivity index (χ0n) is 14.8. The van der Waals surface area contributed by atoms with Crippen molar-refractivity contribution in [2.75, 3.05) is 22.1 Å². The third-order valence-electron chi connectivity index (χ3n) is 4.90. The Hall–Kier alpha value is -3.22. The molecule has 2 aromatic rings. The van der Waals surface area contributed by atoms with E-state index in [9.17, 15) is 18.8 Å². The number of hydrogen-bond acceptors (Lipinski definition) is 3. The van der Waals surface area contributed by atoms with Crippen molar-refractivity contribution in [3.05, 3.63) is 52.8 Å². The van der Waals surface area contributed by atoms with E-state index in [0.29, 0.717) is 17.7 Å². The first-order valence-corrected chi connectivity index (χ1v) is 8.77. The molecule has 0 radical (unpaired) electrons. The number of hydrogen-bond donors (Lipinski definition) is 2. The highest BCUT2D eigenvalue weighted by Gasteiger charge is 2.32. The summed E-state index contributed by atoms with van der Waals surface area (Å²) < 4.78 is 13.6. The van der Waals surface area contributed by atoms with Crippen molar-refractivity contribution in [3.8, 4) is 0 Å². The molecule has 0 atom stereocenters. The van der Waals surface area contributed by atoms with Gasteiger partial charge in [-0.3, -0.25) is 14.4 Å². The molecule has 0 aromatic heterocycles. The minimum absolute atomic E-state index is 0.0635. The van der Waals surface area contributed by atoms with Gasteiger partial charge in [0.2, 0.25) is 5.91 Å². The van der Waals surface area contributed by atoms with Crippen molar-refractivity contribution >= 4 is 34.8 Å². The molecule has 0 saturated heterocycles. The third kappa shape index (κ3) is 3.16. The number of benzene rings is 2. The number of carbonyl (C=O) groups excluding carboxylic acids is 3. The van der Waals surface area contributed by atoms with Crippen LogP contribution < -0.4 is 15.5 Å². The van der Waals surface area contributed by atoms with Crippen LogP contribution in [0.1, 0.15) is 23.1 Å². The third-order valence-corrected chi connectivity index (χ3v) is 4.90. The number of carbonyl (C=O) groups is 3. The van der Waals surface area contributed by atoms with Crippen LogP contribution in [-0.4, -0.2) is 24.3 Å². The predicted octanol–water partition coefficient (Wildman–Crippen LogP) is 2.55. The van der Waals surface area contributed by atoms with Gasteiger partial charge in [-0.2, -0.15) is 0 Å². The quantitative estimate of drug-likeness (QED) is 0.801. The fourth-order valence-corrected chi connectivity index (χ4v) is 3.60. The van der Waals surface area contributed by atoms with E-state index in [1.165, 1.54) is 18.2 Å². The van der Waals surface area contributed by atoms with Crippen LogP contribution in [0.4, 0.5) is 21.5 Å². The van der Waals surface area contributed by atoms with Crippen LogP contribution in [0, 0.1) is 12.7 Å². The average Bonchev–Trinajstić information content (AvgIpc) is 2.95. The molecule has 0 aliphatic carbocycles. The van der Waals surface area contributed by atoms with Gasteiger partial charge in [-0.05, 0) is 60.7 Å². The molecule has 0 bridgehead atoms. The van der Waals surface area contributed by atoms with E-state index < -0.39 is 17.6 Å². The first kappa shape index (κ1) is 17.2. The first-order chi connectivity index (χ1) is 12.9. The van der Waals surface area contributed by atoms with E-state index in [1.54, 1.807) is 24.0 Å². The molecule has 4 rings (SSSR count). The molecule has 0 fully saturated rings. The fourth-order valence-electron chi connectivity index (χ4n) is 3.60. The molecule has 2 aromatic carbocycles. The lowest BCUT2D eigenvalue weighted by atomic mass is 9.99. The van der Waals surface area contributed by atoms with E-state index in [0.717, 1.165) is 36.2 Å². The molecule has 27 heavy (non-hydrogen) atoms. The summed E-state index contributed by atoms with van der Waals surface area (Å²) in [4.78, 5) is 38.2. The largest absolute Gasteiger partial charge is 0.318 e. The number of rotatable bonds is 2. The first-order valence-electron chi connectivity index (χ1n) is 8.77. The molecular formula is C20H18FN3O3. The maximum Gasteiger partial charge on any atom is 0.314 e. The smallest absolute Gasteiger partial charge is 0.314 e. The Labute approximate surface area is 155 Å². The van der Waals surface area contributed by atoms with E-state index >= 15 is 0 Å². The predicted molar refractivity (Wildman–Crippen MR) is 99.2 cm³/mol. The Morgan fingerprint density at radius 1 is 1.04 bits per heavy atom. The Bertz CT molecular complexity index is 987. The Morgan fingerprint density at radius 3 is 2.48 bits per heavy atom. The van der Waals surface area contributed by atoms with Crippen LogP contribution in [-0.2, 0) is 27.2 Å². The van der Waals surface area contributed by atoms with Gasteiger partial charge in [-0.15, -0.1) is 0 Å². The minimum Gasteiger partial charge on any atom is -0.318 e. The number of amides is 3. The molecule has 7 heteroatoms. The number of aryl methyl sites for hydroxylation is 2. The van der Waals surface area contributed by atoms with Gasteiger partial charge < -0.3 is 15.5 Å². The normalized spacial score (nSPS) is 14.7. The molecule has 2 aliphatic rings. The van der Waals surface area contributed by atoms with Gasteiger partial charge in [0, 0.05) is 17.9 Å². The highest BCUT2D eigenvalue weighted by molar-refractivity contribution is 6.43. The molecule has 0 spiro atoms.